The predicted molar refractivity (Wildman–Crippen MR) is 76.8 cm³/mol. The van der Waals surface area contributed by atoms with Crippen molar-refractivity contribution in [3.63, 3.8) is 0 Å². The van der Waals surface area contributed by atoms with Gasteiger partial charge in [0.1, 0.15) is 11.0 Å². The van der Waals surface area contributed by atoms with Gasteiger partial charge in [0.15, 0.2) is 11.0 Å². The number of nitrogens with zero attached hydrogens (tertiary/aromatic N) is 3. The minimum absolute atomic E-state index is 0.000561. The van der Waals surface area contributed by atoms with Crippen LogP contribution >= 0.6 is 23.2 Å². The van der Waals surface area contributed by atoms with E-state index < -0.39 is 11.9 Å². The van der Waals surface area contributed by atoms with E-state index in [4.69, 9.17) is 33.7 Å². The van der Waals surface area contributed by atoms with Crippen LogP contribution in [0.2, 0.25) is 10.3 Å². The maximum absolute atomic E-state index is 13.5. The molecule has 1 aliphatic heterocycles. The SMILES string of the molecule is C[C@H]1CN(C(=O)O)CCN1C(=N)c1cc(F)c(Cl)nc1Cl. The van der Waals surface area contributed by atoms with Gasteiger partial charge < -0.3 is 14.9 Å². The predicted octanol–water partition coefficient (Wildman–Crippen LogP) is 2.54. The quantitative estimate of drug-likeness (QED) is 0.470. The fourth-order valence-corrected chi connectivity index (χ4v) is 2.64. The number of piperazine rings is 1. The van der Waals surface area contributed by atoms with Gasteiger partial charge in [-0.2, -0.15) is 0 Å². The minimum Gasteiger partial charge on any atom is -0.465 e. The number of hydrogen-bond donors (Lipinski definition) is 2. The van der Waals surface area contributed by atoms with Crippen molar-refractivity contribution in [3.8, 4) is 0 Å². The molecule has 6 nitrogen and oxygen atoms in total. The van der Waals surface area contributed by atoms with Gasteiger partial charge in [0, 0.05) is 25.7 Å². The Bertz CT molecular complexity index is 599. The zero-order valence-electron chi connectivity index (χ0n) is 11.1. The number of aromatic nitrogens is 1. The van der Waals surface area contributed by atoms with E-state index >= 15 is 0 Å². The number of carboxylic acid groups (broad SMARTS) is 1. The average Bonchev–Trinajstić information content (AvgIpc) is 2.42. The van der Waals surface area contributed by atoms with E-state index in [1.165, 1.54) is 4.90 Å². The van der Waals surface area contributed by atoms with Crippen molar-refractivity contribution >= 4 is 35.1 Å². The van der Waals surface area contributed by atoms with Crippen LogP contribution in [0.5, 0.6) is 0 Å². The van der Waals surface area contributed by atoms with Crippen LogP contribution in [0.1, 0.15) is 12.5 Å². The molecule has 1 aromatic heterocycles. The number of amides is 1. The van der Waals surface area contributed by atoms with Gasteiger partial charge >= 0.3 is 6.09 Å². The highest BCUT2D eigenvalue weighted by molar-refractivity contribution is 6.34. The molecule has 0 spiro atoms. The van der Waals surface area contributed by atoms with Crippen molar-refractivity contribution in [3.05, 3.63) is 27.8 Å². The van der Waals surface area contributed by atoms with Crippen LogP contribution in [0.25, 0.3) is 0 Å². The summed E-state index contributed by atoms with van der Waals surface area (Å²) in [4.78, 5) is 17.5. The Kier molecular flexibility index (Phi) is 4.53. The molecule has 1 aliphatic rings. The molecular formula is C12H13Cl2FN4O2. The summed E-state index contributed by atoms with van der Waals surface area (Å²) >= 11 is 11.4. The lowest BCUT2D eigenvalue weighted by atomic mass is 10.1. The highest BCUT2D eigenvalue weighted by Gasteiger charge is 2.29. The average molecular weight is 335 g/mol. The van der Waals surface area contributed by atoms with Crippen LogP contribution < -0.4 is 0 Å². The third kappa shape index (κ3) is 3.19. The fourth-order valence-electron chi connectivity index (χ4n) is 2.23. The van der Waals surface area contributed by atoms with Gasteiger partial charge in [0.05, 0.1) is 5.56 Å². The van der Waals surface area contributed by atoms with Crippen molar-refractivity contribution in [2.24, 2.45) is 0 Å². The molecule has 2 N–H and O–H groups in total. The second kappa shape index (κ2) is 6.03. The molecule has 21 heavy (non-hydrogen) atoms. The summed E-state index contributed by atoms with van der Waals surface area (Å²) < 4.78 is 13.5. The molecule has 1 saturated heterocycles. The Morgan fingerprint density at radius 1 is 1.48 bits per heavy atom. The Balaban J connectivity index is 2.21. The highest BCUT2D eigenvalue weighted by atomic mass is 35.5. The zero-order chi connectivity index (χ0) is 15.7. The first-order valence-corrected chi connectivity index (χ1v) is 6.91. The van der Waals surface area contributed by atoms with Crippen LogP contribution in [0.4, 0.5) is 9.18 Å². The van der Waals surface area contributed by atoms with E-state index in [2.05, 4.69) is 4.98 Å². The van der Waals surface area contributed by atoms with Crippen molar-refractivity contribution in [1.82, 2.24) is 14.8 Å². The van der Waals surface area contributed by atoms with Gasteiger partial charge in [0.2, 0.25) is 0 Å². The van der Waals surface area contributed by atoms with Gasteiger partial charge in [0.25, 0.3) is 0 Å². The Morgan fingerprint density at radius 2 is 2.14 bits per heavy atom. The van der Waals surface area contributed by atoms with E-state index in [0.29, 0.717) is 6.54 Å². The topological polar surface area (TPSA) is 80.5 Å². The molecular weight excluding hydrogens is 322 g/mol. The molecule has 114 valence electrons. The number of halogens is 3. The summed E-state index contributed by atoms with van der Waals surface area (Å²) in [5.41, 5.74) is 0.134. The number of hydrogen-bond acceptors (Lipinski definition) is 3. The van der Waals surface area contributed by atoms with Crippen molar-refractivity contribution < 1.29 is 14.3 Å². The molecule has 1 fully saturated rings. The van der Waals surface area contributed by atoms with Crippen LogP contribution in [0.3, 0.4) is 0 Å². The van der Waals surface area contributed by atoms with E-state index in [0.717, 1.165) is 6.07 Å². The third-order valence-corrected chi connectivity index (χ3v) is 3.88. The molecule has 0 aromatic carbocycles. The third-order valence-electron chi connectivity index (χ3n) is 3.33. The zero-order valence-corrected chi connectivity index (χ0v) is 12.6. The van der Waals surface area contributed by atoms with Crippen molar-refractivity contribution in [1.29, 1.82) is 5.41 Å². The molecule has 0 saturated carbocycles. The lowest BCUT2D eigenvalue weighted by Gasteiger charge is -2.40. The van der Waals surface area contributed by atoms with Crippen LogP contribution in [0, 0.1) is 11.2 Å². The Labute approximate surface area is 130 Å². The van der Waals surface area contributed by atoms with Crippen molar-refractivity contribution in [2.75, 3.05) is 19.6 Å². The molecule has 0 bridgehead atoms. The molecule has 0 aliphatic carbocycles. The van der Waals surface area contributed by atoms with Gasteiger partial charge in [-0.25, -0.2) is 14.2 Å². The molecule has 9 heteroatoms. The molecule has 1 atom stereocenters. The first-order chi connectivity index (χ1) is 9.81. The standard InChI is InChI=1S/C12H13Cl2FN4O2/c1-6-5-18(12(20)21)2-3-19(6)11(16)7-4-8(15)10(14)17-9(7)13/h4,6,16H,2-3,5H2,1H3,(H,20,21)/t6-/m0/s1. The van der Waals surface area contributed by atoms with E-state index in [1.807, 2.05) is 0 Å². The fraction of sp³-hybridized carbons (Fsp3) is 0.417. The van der Waals surface area contributed by atoms with E-state index in [1.54, 1.807) is 11.8 Å². The first kappa shape index (κ1) is 15.8. The number of pyridine rings is 1. The summed E-state index contributed by atoms with van der Waals surface area (Å²) in [6, 6.07) is 0.841. The molecule has 1 amide bonds. The Morgan fingerprint density at radius 3 is 2.71 bits per heavy atom. The molecule has 2 heterocycles. The summed E-state index contributed by atoms with van der Waals surface area (Å²) in [6.45, 7) is 2.64. The van der Waals surface area contributed by atoms with Crippen LogP contribution in [-0.2, 0) is 0 Å². The van der Waals surface area contributed by atoms with Gasteiger partial charge in [-0.3, -0.25) is 5.41 Å². The maximum atomic E-state index is 13.5. The molecule has 0 radical (unpaired) electrons. The van der Waals surface area contributed by atoms with Gasteiger partial charge in [-0.1, -0.05) is 23.2 Å². The normalized spacial score (nSPS) is 18.8. The van der Waals surface area contributed by atoms with E-state index in [9.17, 15) is 9.18 Å². The summed E-state index contributed by atoms with van der Waals surface area (Å²) in [6.07, 6.45) is -0.995. The minimum atomic E-state index is -0.995. The second-order valence-electron chi connectivity index (χ2n) is 4.72. The summed E-state index contributed by atoms with van der Waals surface area (Å²) in [5, 5.41) is 16.7. The van der Waals surface area contributed by atoms with Crippen molar-refractivity contribution in [2.45, 2.75) is 13.0 Å². The van der Waals surface area contributed by atoms with Gasteiger partial charge in [-0.15, -0.1) is 0 Å². The lowest BCUT2D eigenvalue weighted by Crippen LogP contribution is -2.55. The number of rotatable bonds is 1. The first-order valence-electron chi connectivity index (χ1n) is 6.16. The van der Waals surface area contributed by atoms with Crippen LogP contribution in [0.15, 0.2) is 6.07 Å². The van der Waals surface area contributed by atoms with Crippen LogP contribution in [-0.4, -0.2) is 57.5 Å². The van der Waals surface area contributed by atoms with E-state index in [-0.39, 0.29) is 40.8 Å². The number of carbonyl (C=O) groups is 1. The highest BCUT2D eigenvalue weighted by Crippen LogP contribution is 2.23. The molecule has 2 rings (SSSR count). The Hall–Kier alpha value is -1.60. The number of amidine groups is 1. The van der Waals surface area contributed by atoms with Gasteiger partial charge in [-0.05, 0) is 13.0 Å². The summed E-state index contributed by atoms with van der Waals surface area (Å²) in [7, 11) is 0. The largest absolute Gasteiger partial charge is 0.465 e. The summed E-state index contributed by atoms with van der Waals surface area (Å²) in [5.74, 6) is -0.752. The lowest BCUT2D eigenvalue weighted by molar-refractivity contribution is 0.105. The monoisotopic (exact) mass is 334 g/mol. The molecule has 0 unspecified atom stereocenters. The number of nitrogens with one attached hydrogen (secondary N) is 1. The molecule has 1 aromatic rings. The second-order valence-corrected chi connectivity index (χ2v) is 5.44. The maximum Gasteiger partial charge on any atom is 0.407 e. The smallest absolute Gasteiger partial charge is 0.407 e.